The molecule has 1 saturated heterocycles. The SMILES string of the molecule is C=C(C)c1cccc(C(C)(C)NC(=O)N2CCN(CC(=O)c3c[nH]c4ccccc34)CC2)c1. The number of urea groups is 1. The Labute approximate surface area is 195 Å². The van der Waals surface area contributed by atoms with Crippen molar-refractivity contribution >= 4 is 28.3 Å². The van der Waals surface area contributed by atoms with Crippen molar-refractivity contribution in [3.63, 3.8) is 0 Å². The Morgan fingerprint density at radius 1 is 1.06 bits per heavy atom. The number of carbonyl (C=O) groups is 2. The minimum Gasteiger partial charge on any atom is -0.360 e. The molecule has 33 heavy (non-hydrogen) atoms. The van der Waals surface area contributed by atoms with Gasteiger partial charge in [0.2, 0.25) is 0 Å². The zero-order valence-electron chi connectivity index (χ0n) is 19.6. The van der Waals surface area contributed by atoms with Crippen molar-refractivity contribution in [1.29, 1.82) is 0 Å². The van der Waals surface area contributed by atoms with Crippen LogP contribution in [0.4, 0.5) is 4.79 Å². The highest BCUT2D eigenvalue weighted by Crippen LogP contribution is 2.24. The third kappa shape index (κ3) is 5.01. The number of H-pyrrole nitrogens is 1. The lowest BCUT2D eigenvalue weighted by molar-refractivity contribution is 0.0876. The van der Waals surface area contributed by atoms with E-state index in [-0.39, 0.29) is 11.8 Å². The van der Waals surface area contributed by atoms with Crippen LogP contribution in [0.25, 0.3) is 16.5 Å². The number of para-hydroxylation sites is 1. The van der Waals surface area contributed by atoms with Gasteiger partial charge in [-0.1, -0.05) is 48.6 Å². The van der Waals surface area contributed by atoms with Crippen LogP contribution >= 0.6 is 0 Å². The molecule has 0 saturated carbocycles. The summed E-state index contributed by atoms with van der Waals surface area (Å²) >= 11 is 0. The number of hydrogen-bond acceptors (Lipinski definition) is 3. The molecule has 2 amide bonds. The molecule has 1 aromatic heterocycles. The number of piperazine rings is 1. The molecule has 0 radical (unpaired) electrons. The van der Waals surface area contributed by atoms with Gasteiger partial charge in [0.05, 0.1) is 12.1 Å². The molecule has 0 aliphatic carbocycles. The Bertz CT molecular complexity index is 1190. The Hall–Kier alpha value is -3.38. The van der Waals surface area contributed by atoms with E-state index in [9.17, 15) is 9.59 Å². The largest absolute Gasteiger partial charge is 0.360 e. The smallest absolute Gasteiger partial charge is 0.318 e. The van der Waals surface area contributed by atoms with Gasteiger partial charge in [0, 0.05) is 48.8 Å². The molecule has 0 spiro atoms. The Morgan fingerprint density at radius 2 is 1.79 bits per heavy atom. The third-order valence-corrected chi connectivity index (χ3v) is 6.41. The standard InChI is InChI=1S/C27H32N4O2/c1-19(2)20-8-7-9-21(16-20)27(3,4)29-26(33)31-14-12-30(13-15-31)18-25(32)23-17-28-24-11-6-5-10-22(23)24/h5-11,16-17,28H,1,12-15,18H2,2-4H3,(H,29,33). The first-order valence-corrected chi connectivity index (χ1v) is 11.4. The summed E-state index contributed by atoms with van der Waals surface area (Å²) in [5, 5.41) is 4.13. The Morgan fingerprint density at radius 3 is 2.52 bits per heavy atom. The third-order valence-electron chi connectivity index (χ3n) is 6.41. The number of fused-ring (bicyclic) bond motifs is 1. The van der Waals surface area contributed by atoms with Crippen LogP contribution in [0.3, 0.4) is 0 Å². The number of nitrogens with one attached hydrogen (secondary N) is 2. The van der Waals surface area contributed by atoms with Crippen LogP contribution in [0.1, 0.15) is 42.3 Å². The maximum Gasteiger partial charge on any atom is 0.318 e. The number of allylic oxidation sites excluding steroid dienone is 1. The highest BCUT2D eigenvalue weighted by molar-refractivity contribution is 6.08. The van der Waals surface area contributed by atoms with Gasteiger partial charge >= 0.3 is 6.03 Å². The molecule has 0 unspecified atom stereocenters. The van der Waals surface area contributed by atoms with Crippen LogP contribution in [0.2, 0.25) is 0 Å². The van der Waals surface area contributed by atoms with Crippen molar-refractivity contribution in [1.82, 2.24) is 20.1 Å². The summed E-state index contributed by atoms with van der Waals surface area (Å²) in [6.45, 7) is 12.9. The fourth-order valence-electron chi connectivity index (χ4n) is 4.29. The molecule has 4 rings (SSSR count). The molecule has 1 aliphatic rings. The normalized spacial score (nSPS) is 14.9. The monoisotopic (exact) mass is 444 g/mol. The van der Waals surface area contributed by atoms with E-state index in [4.69, 9.17) is 0 Å². The first kappa shape index (κ1) is 22.8. The van der Waals surface area contributed by atoms with E-state index in [1.807, 2.05) is 68.1 Å². The number of Topliss-reactive ketones (excluding diaryl/α,β-unsaturated/α-hetero) is 1. The molecular formula is C27H32N4O2. The van der Waals surface area contributed by atoms with E-state index in [1.165, 1.54) is 0 Å². The van der Waals surface area contributed by atoms with E-state index in [1.54, 1.807) is 6.20 Å². The predicted octanol–water partition coefficient (Wildman–Crippen LogP) is 4.65. The van der Waals surface area contributed by atoms with E-state index >= 15 is 0 Å². The maximum atomic E-state index is 13.0. The highest BCUT2D eigenvalue weighted by atomic mass is 16.2. The zero-order valence-corrected chi connectivity index (χ0v) is 19.6. The number of aromatic amines is 1. The minimum absolute atomic E-state index is 0.0802. The molecule has 6 nitrogen and oxygen atoms in total. The molecule has 1 fully saturated rings. The van der Waals surface area contributed by atoms with Gasteiger partial charge in [-0.25, -0.2) is 4.79 Å². The van der Waals surface area contributed by atoms with Gasteiger partial charge in [-0.05, 0) is 44.0 Å². The van der Waals surface area contributed by atoms with Gasteiger partial charge in [-0.2, -0.15) is 0 Å². The van der Waals surface area contributed by atoms with Crippen LogP contribution in [0.5, 0.6) is 0 Å². The van der Waals surface area contributed by atoms with E-state index < -0.39 is 5.54 Å². The number of hydrogen-bond donors (Lipinski definition) is 2. The van der Waals surface area contributed by atoms with Crippen LogP contribution in [0.15, 0.2) is 61.3 Å². The summed E-state index contributed by atoms with van der Waals surface area (Å²) in [5.41, 5.74) is 4.30. The number of nitrogens with zero attached hydrogens (tertiary/aromatic N) is 2. The Balaban J connectivity index is 1.33. The lowest BCUT2D eigenvalue weighted by atomic mass is 9.92. The summed E-state index contributed by atoms with van der Waals surface area (Å²) in [6, 6.07) is 15.9. The molecule has 2 aromatic carbocycles. The lowest BCUT2D eigenvalue weighted by Gasteiger charge is -2.37. The zero-order chi connectivity index (χ0) is 23.6. The topological polar surface area (TPSA) is 68.4 Å². The quantitative estimate of drug-likeness (QED) is 0.544. The first-order chi connectivity index (χ1) is 15.7. The van der Waals surface area contributed by atoms with Gasteiger partial charge in [0.15, 0.2) is 5.78 Å². The average molecular weight is 445 g/mol. The summed E-state index contributed by atoms with van der Waals surface area (Å²) in [7, 11) is 0. The fraction of sp³-hybridized carbons (Fsp3) is 0.333. The maximum absolute atomic E-state index is 13.0. The van der Waals surface area contributed by atoms with Crippen LogP contribution in [0, 0.1) is 0 Å². The number of ketones is 1. The van der Waals surface area contributed by atoms with Crippen LogP contribution in [-0.2, 0) is 5.54 Å². The molecule has 1 aliphatic heterocycles. The highest BCUT2D eigenvalue weighted by Gasteiger charge is 2.28. The molecule has 2 heterocycles. The summed E-state index contributed by atoms with van der Waals surface area (Å²) in [4.78, 5) is 33.0. The first-order valence-electron chi connectivity index (χ1n) is 11.4. The second-order valence-corrected chi connectivity index (χ2v) is 9.35. The average Bonchev–Trinajstić information content (AvgIpc) is 3.24. The van der Waals surface area contributed by atoms with E-state index in [0.29, 0.717) is 32.7 Å². The van der Waals surface area contributed by atoms with Crippen molar-refractivity contribution in [2.24, 2.45) is 0 Å². The number of benzene rings is 2. The molecule has 3 aromatic rings. The lowest BCUT2D eigenvalue weighted by Crippen LogP contribution is -2.55. The van der Waals surface area contributed by atoms with Crippen LogP contribution in [-0.4, -0.2) is 59.3 Å². The molecule has 0 atom stereocenters. The number of aromatic nitrogens is 1. The Kier molecular flexibility index (Phi) is 6.38. The summed E-state index contributed by atoms with van der Waals surface area (Å²) in [6.07, 6.45) is 1.79. The number of rotatable bonds is 6. The van der Waals surface area contributed by atoms with Crippen molar-refractivity contribution in [3.05, 3.63) is 78.0 Å². The predicted molar refractivity (Wildman–Crippen MR) is 133 cm³/mol. The van der Waals surface area contributed by atoms with Crippen molar-refractivity contribution in [2.45, 2.75) is 26.3 Å². The molecular weight excluding hydrogens is 412 g/mol. The summed E-state index contributed by atoms with van der Waals surface area (Å²) < 4.78 is 0. The van der Waals surface area contributed by atoms with Crippen molar-refractivity contribution in [3.8, 4) is 0 Å². The molecule has 6 heteroatoms. The second kappa shape index (κ2) is 9.24. The van der Waals surface area contributed by atoms with Gasteiger partial charge in [-0.15, -0.1) is 0 Å². The fourth-order valence-corrected chi connectivity index (χ4v) is 4.29. The van der Waals surface area contributed by atoms with Gasteiger partial charge in [-0.3, -0.25) is 9.69 Å². The second-order valence-electron chi connectivity index (χ2n) is 9.35. The molecule has 2 N–H and O–H groups in total. The molecule has 172 valence electrons. The summed E-state index contributed by atoms with van der Waals surface area (Å²) in [5.74, 6) is 0.101. The van der Waals surface area contributed by atoms with Crippen molar-refractivity contribution in [2.75, 3.05) is 32.7 Å². The van der Waals surface area contributed by atoms with Gasteiger partial charge < -0.3 is 15.2 Å². The van der Waals surface area contributed by atoms with E-state index in [2.05, 4.69) is 27.8 Å². The molecule has 0 bridgehead atoms. The van der Waals surface area contributed by atoms with Crippen LogP contribution < -0.4 is 5.32 Å². The van der Waals surface area contributed by atoms with Gasteiger partial charge in [0.25, 0.3) is 0 Å². The van der Waals surface area contributed by atoms with E-state index in [0.717, 1.165) is 33.2 Å². The number of amides is 2. The van der Waals surface area contributed by atoms with Gasteiger partial charge in [0.1, 0.15) is 0 Å². The van der Waals surface area contributed by atoms with Crippen molar-refractivity contribution < 1.29 is 9.59 Å². The minimum atomic E-state index is -0.509. The number of carbonyl (C=O) groups excluding carboxylic acids is 2.